The van der Waals surface area contributed by atoms with Gasteiger partial charge >= 0.3 is 23.9 Å². The summed E-state index contributed by atoms with van der Waals surface area (Å²) in [6.45, 7) is 4.44. The molecule has 0 atom stereocenters. The molecule has 0 aliphatic heterocycles. The number of carbonyl (C=O) groups excluding carboxylic acids is 4. The average Bonchev–Trinajstić information content (AvgIpc) is 3.32. The van der Waals surface area contributed by atoms with Crippen LogP contribution in [0.4, 0.5) is 0 Å². The number of aryl methyl sites for hydroxylation is 2. The first-order valence-corrected chi connectivity index (χ1v) is 22.7. The third-order valence-electron chi connectivity index (χ3n) is 11.1. The van der Waals surface area contributed by atoms with Crippen molar-refractivity contribution in [3.63, 3.8) is 0 Å². The molecule has 0 aliphatic rings. The largest absolute Gasteiger partial charge is 0.423 e. The molecule has 0 unspecified atom stereocenters. The molecule has 0 radical (unpaired) electrons. The number of benzene rings is 6. The van der Waals surface area contributed by atoms with E-state index in [9.17, 15) is 19.2 Å². The van der Waals surface area contributed by atoms with Crippen LogP contribution in [-0.4, -0.2) is 23.9 Å². The molecule has 0 saturated carbocycles. The van der Waals surface area contributed by atoms with E-state index in [1.54, 1.807) is 115 Å². The van der Waals surface area contributed by atoms with E-state index in [1.807, 2.05) is 30.3 Å². The minimum atomic E-state index is -0.562. The lowest BCUT2D eigenvalue weighted by molar-refractivity contribution is 0.0720. The van der Waals surface area contributed by atoms with Gasteiger partial charge in [-0.05, 0) is 145 Å². The summed E-state index contributed by atoms with van der Waals surface area (Å²) in [6.07, 6.45) is 16.9. The van der Waals surface area contributed by atoms with E-state index >= 15 is 0 Å². The molecule has 0 saturated heterocycles. The Balaban J connectivity index is 0.937. The molecule has 8 heteroatoms. The molecule has 0 spiro atoms. The Kier molecular flexibility index (Phi) is 18.0. The molecule has 6 rings (SSSR count). The van der Waals surface area contributed by atoms with E-state index in [0.717, 1.165) is 36.8 Å². The SMILES string of the molecule is CCCCCCCCc1ccc(C(=O)Oc2ccc(C(=O)Oc3ccc(-c4cccc(OC(=O)c5ccc(OC(=O)c6ccc(CCCCCCCC)cc6)cc5)c4)cc3)cc2)cc1. The quantitative estimate of drug-likeness (QED) is 0.0356. The highest BCUT2D eigenvalue weighted by atomic mass is 16.5. The molecule has 330 valence electrons. The van der Waals surface area contributed by atoms with E-state index in [2.05, 4.69) is 13.8 Å². The molecule has 8 nitrogen and oxygen atoms in total. The van der Waals surface area contributed by atoms with Gasteiger partial charge in [-0.1, -0.05) is 127 Å². The second-order valence-electron chi connectivity index (χ2n) is 16.1. The zero-order valence-corrected chi connectivity index (χ0v) is 37.0. The van der Waals surface area contributed by atoms with Crippen LogP contribution in [0.15, 0.2) is 146 Å². The first-order chi connectivity index (χ1) is 31.3. The van der Waals surface area contributed by atoms with Crippen molar-refractivity contribution in [3.05, 3.63) is 179 Å². The van der Waals surface area contributed by atoms with Crippen LogP contribution >= 0.6 is 0 Å². The Bertz CT molecular complexity index is 2400. The van der Waals surface area contributed by atoms with Crippen molar-refractivity contribution in [2.24, 2.45) is 0 Å². The Morgan fingerprint density at radius 2 is 0.656 bits per heavy atom. The van der Waals surface area contributed by atoms with Crippen LogP contribution in [0.5, 0.6) is 23.0 Å². The summed E-state index contributed by atoms with van der Waals surface area (Å²) in [4.78, 5) is 51.5. The molecule has 6 aromatic carbocycles. The van der Waals surface area contributed by atoms with Gasteiger partial charge in [-0.25, -0.2) is 19.2 Å². The van der Waals surface area contributed by atoms with Gasteiger partial charge in [-0.3, -0.25) is 0 Å². The fourth-order valence-corrected chi connectivity index (χ4v) is 7.27. The first kappa shape index (κ1) is 46.7. The number of hydrogen-bond acceptors (Lipinski definition) is 8. The number of esters is 4. The van der Waals surface area contributed by atoms with E-state index in [0.29, 0.717) is 45.3 Å². The van der Waals surface area contributed by atoms with Crippen LogP contribution < -0.4 is 18.9 Å². The van der Waals surface area contributed by atoms with Crippen molar-refractivity contribution in [1.82, 2.24) is 0 Å². The highest BCUT2D eigenvalue weighted by molar-refractivity contribution is 5.94. The lowest BCUT2D eigenvalue weighted by Crippen LogP contribution is -2.10. The summed E-state index contributed by atoms with van der Waals surface area (Å²) < 4.78 is 22.4. The third kappa shape index (κ3) is 14.7. The van der Waals surface area contributed by atoms with Crippen molar-refractivity contribution in [3.8, 4) is 34.1 Å². The highest BCUT2D eigenvalue weighted by Crippen LogP contribution is 2.28. The Morgan fingerprint density at radius 3 is 1.05 bits per heavy atom. The number of carbonyl (C=O) groups is 4. The van der Waals surface area contributed by atoms with Gasteiger partial charge in [-0.15, -0.1) is 0 Å². The number of hydrogen-bond donors (Lipinski definition) is 0. The van der Waals surface area contributed by atoms with E-state index in [1.165, 1.54) is 75.3 Å². The molecule has 0 aliphatic carbocycles. The molecule has 0 fully saturated rings. The van der Waals surface area contributed by atoms with Gasteiger partial charge in [-0.2, -0.15) is 0 Å². The van der Waals surface area contributed by atoms with Crippen molar-refractivity contribution in [1.29, 1.82) is 0 Å². The second-order valence-corrected chi connectivity index (χ2v) is 16.1. The molecule has 0 heterocycles. The van der Waals surface area contributed by atoms with Crippen LogP contribution in [0.25, 0.3) is 11.1 Å². The summed E-state index contributed by atoms with van der Waals surface area (Å²) >= 11 is 0. The van der Waals surface area contributed by atoms with Crippen molar-refractivity contribution in [2.75, 3.05) is 0 Å². The van der Waals surface area contributed by atoms with Gasteiger partial charge in [0.15, 0.2) is 0 Å². The number of rotatable bonds is 23. The van der Waals surface area contributed by atoms with Gasteiger partial charge < -0.3 is 18.9 Å². The minimum Gasteiger partial charge on any atom is -0.423 e. The lowest BCUT2D eigenvalue weighted by Gasteiger charge is -2.09. The van der Waals surface area contributed by atoms with Crippen molar-refractivity contribution >= 4 is 23.9 Å². The molecular formula is C56H58O8. The molecule has 6 aromatic rings. The topological polar surface area (TPSA) is 105 Å². The Morgan fingerprint density at radius 1 is 0.328 bits per heavy atom. The standard InChI is InChI=1S/C56H58O8/c1-3-5-7-9-11-13-16-41-20-24-44(25-21-41)53(57)62-50-36-30-46(31-37-50)55(59)61-49-34-28-43(29-35-49)48-18-15-19-52(40-48)64-56(60)47-32-38-51(39-33-47)63-54(58)45-26-22-42(23-27-45)17-14-12-10-8-6-4-2/h15,18-40H,3-14,16-17H2,1-2H3. The van der Waals surface area contributed by atoms with Crippen LogP contribution in [0, 0.1) is 0 Å². The maximum Gasteiger partial charge on any atom is 0.343 e. The third-order valence-corrected chi connectivity index (χ3v) is 11.1. The summed E-state index contributed by atoms with van der Waals surface area (Å²) in [5, 5.41) is 0. The number of ether oxygens (including phenoxy) is 4. The van der Waals surface area contributed by atoms with Crippen LogP contribution in [0.3, 0.4) is 0 Å². The van der Waals surface area contributed by atoms with E-state index < -0.39 is 23.9 Å². The maximum absolute atomic E-state index is 13.0. The highest BCUT2D eigenvalue weighted by Gasteiger charge is 2.15. The monoisotopic (exact) mass is 858 g/mol. The van der Waals surface area contributed by atoms with Gasteiger partial charge in [0.05, 0.1) is 22.3 Å². The normalized spacial score (nSPS) is 10.8. The van der Waals surface area contributed by atoms with E-state index in [4.69, 9.17) is 18.9 Å². The van der Waals surface area contributed by atoms with Crippen molar-refractivity contribution in [2.45, 2.75) is 104 Å². The fourth-order valence-electron chi connectivity index (χ4n) is 7.27. The molecule has 0 aromatic heterocycles. The Hall–Kier alpha value is -6.80. The molecule has 0 bridgehead atoms. The predicted octanol–water partition coefficient (Wildman–Crippen LogP) is 14.0. The summed E-state index contributed by atoms with van der Waals surface area (Å²) in [7, 11) is 0. The molecular weight excluding hydrogens is 801 g/mol. The second kappa shape index (κ2) is 24.7. The smallest absolute Gasteiger partial charge is 0.343 e. The van der Waals surface area contributed by atoms with Gasteiger partial charge in [0, 0.05) is 0 Å². The summed E-state index contributed by atoms with van der Waals surface area (Å²) in [5.74, 6) is -0.722. The van der Waals surface area contributed by atoms with Crippen molar-refractivity contribution < 1.29 is 38.1 Å². The summed E-state index contributed by atoms with van der Waals surface area (Å²) in [5.41, 5.74) is 5.53. The zero-order chi connectivity index (χ0) is 44.9. The minimum absolute atomic E-state index is 0.297. The van der Waals surface area contributed by atoms with Crippen LogP contribution in [0.1, 0.15) is 143 Å². The maximum atomic E-state index is 13.0. The van der Waals surface area contributed by atoms with Crippen LogP contribution in [-0.2, 0) is 12.8 Å². The first-order valence-electron chi connectivity index (χ1n) is 22.7. The molecule has 0 N–H and O–H groups in total. The van der Waals surface area contributed by atoms with Crippen LogP contribution in [0.2, 0.25) is 0 Å². The van der Waals surface area contributed by atoms with Gasteiger partial charge in [0.2, 0.25) is 0 Å². The zero-order valence-electron chi connectivity index (χ0n) is 37.0. The fraction of sp³-hybridized carbons (Fsp3) is 0.286. The van der Waals surface area contributed by atoms with Gasteiger partial charge in [0.25, 0.3) is 0 Å². The molecule has 64 heavy (non-hydrogen) atoms. The van der Waals surface area contributed by atoms with E-state index in [-0.39, 0.29) is 0 Å². The number of unbranched alkanes of at least 4 members (excludes halogenated alkanes) is 10. The summed E-state index contributed by atoms with van der Waals surface area (Å²) in [6, 6.07) is 41.6. The Labute approximate surface area is 377 Å². The van der Waals surface area contributed by atoms with Gasteiger partial charge in [0.1, 0.15) is 23.0 Å². The lowest BCUT2D eigenvalue weighted by atomic mass is 10.0. The molecule has 0 amide bonds. The predicted molar refractivity (Wildman–Crippen MR) is 252 cm³/mol. The average molecular weight is 859 g/mol.